The molecule has 1 aromatic carbocycles. The van der Waals surface area contributed by atoms with Gasteiger partial charge in [-0.15, -0.1) is 0 Å². The molecule has 1 saturated carbocycles. The molecular weight excluding hydrogens is 370 g/mol. The predicted octanol–water partition coefficient (Wildman–Crippen LogP) is 1.83. The summed E-state index contributed by atoms with van der Waals surface area (Å²) in [5.74, 6) is -0.114. The smallest absolute Gasteiger partial charge is 0.294 e. The van der Waals surface area contributed by atoms with Gasteiger partial charge < -0.3 is 14.6 Å². The van der Waals surface area contributed by atoms with Crippen LogP contribution in [0.1, 0.15) is 32.3 Å². The second kappa shape index (κ2) is 7.42. The van der Waals surface area contributed by atoms with E-state index in [4.69, 9.17) is 14.0 Å². The molecule has 1 aliphatic carbocycles. The van der Waals surface area contributed by atoms with Gasteiger partial charge >= 0.3 is 0 Å². The minimum atomic E-state index is -4.02. The number of nitrogens with zero attached hydrogens (tertiary/aromatic N) is 1. The van der Waals surface area contributed by atoms with Gasteiger partial charge in [0.15, 0.2) is 5.79 Å². The summed E-state index contributed by atoms with van der Waals surface area (Å²) >= 11 is 0. The van der Waals surface area contributed by atoms with Gasteiger partial charge in [0.2, 0.25) is 0 Å². The number of aryl methyl sites for hydroxylation is 1. The molecular formula is C19H29NO6S. The number of fused-ring (bicyclic) bond motifs is 2. The summed E-state index contributed by atoms with van der Waals surface area (Å²) in [4.78, 5) is 2.34. The Hall–Kier alpha value is -1.03. The van der Waals surface area contributed by atoms with Crippen LogP contribution >= 0.6 is 0 Å². The number of benzene rings is 1. The van der Waals surface area contributed by atoms with Crippen molar-refractivity contribution in [3.8, 4) is 0 Å². The number of rotatable bonds is 3. The van der Waals surface area contributed by atoms with Crippen LogP contribution in [-0.4, -0.2) is 66.7 Å². The van der Waals surface area contributed by atoms with Gasteiger partial charge in [-0.25, -0.2) is 0 Å². The third-order valence-electron chi connectivity index (χ3n) is 6.08. The zero-order chi connectivity index (χ0) is 20.0. The molecule has 2 saturated heterocycles. The highest BCUT2D eigenvalue weighted by Crippen LogP contribution is 2.52. The molecule has 7 nitrogen and oxygen atoms in total. The van der Waals surface area contributed by atoms with Crippen LogP contribution in [0.3, 0.4) is 0 Å². The second-order valence-electron chi connectivity index (χ2n) is 7.68. The zero-order valence-electron chi connectivity index (χ0n) is 16.2. The molecule has 2 heterocycles. The topological polar surface area (TPSA) is 96.3 Å². The third-order valence-corrected chi connectivity index (χ3v) is 6.95. The van der Waals surface area contributed by atoms with Gasteiger partial charge in [-0.2, -0.15) is 8.42 Å². The lowest BCUT2D eigenvalue weighted by Gasteiger charge is -2.47. The number of aliphatic hydroxyl groups is 1. The minimum Gasteiger partial charge on any atom is -0.391 e. The number of hydrogen-bond donors (Lipinski definition) is 2. The highest BCUT2D eigenvalue weighted by molar-refractivity contribution is 7.85. The number of likely N-dealkylation sites (tertiary alicyclic amines) is 1. The second-order valence-corrected chi connectivity index (χ2v) is 9.10. The average molecular weight is 400 g/mol. The van der Waals surface area contributed by atoms with Gasteiger partial charge in [-0.3, -0.25) is 9.45 Å². The molecule has 0 spiro atoms. The molecule has 3 fully saturated rings. The van der Waals surface area contributed by atoms with Crippen LogP contribution < -0.4 is 0 Å². The van der Waals surface area contributed by atoms with E-state index < -0.39 is 15.9 Å². The Morgan fingerprint density at radius 3 is 2.44 bits per heavy atom. The fourth-order valence-electron chi connectivity index (χ4n) is 4.88. The largest absolute Gasteiger partial charge is 0.391 e. The van der Waals surface area contributed by atoms with Crippen LogP contribution in [-0.2, 0) is 19.6 Å². The molecule has 6 unspecified atom stereocenters. The lowest BCUT2D eigenvalue weighted by Crippen LogP contribution is -2.55. The summed E-state index contributed by atoms with van der Waals surface area (Å²) in [6.45, 7) is 7.09. The van der Waals surface area contributed by atoms with Crippen molar-refractivity contribution in [2.75, 3.05) is 13.7 Å². The fraction of sp³-hybridized carbons (Fsp3) is 0.684. The van der Waals surface area contributed by atoms with E-state index in [1.807, 2.05) is 6.92 Å². The summed E-state index contributed by atoms with van der Waals surface area (Å²) in [5.41, 5.74) is 0.956. The Balaban J connectivity index is 0.000000168. The number of ether oxygens (including phenoxy) is 2. The molecule has 3 bridgehead atoms. The van der Waals surface area contributed by atoms with Crippen molar-refractivity contribution in [2.45, 2.75) is 68.6 Å². The molecule has 27 heavy (non-hydrogen) atoms. The Morgan fingerprint density at radius 2 is 1.93 bits per heavy atom. The van der Waals surface area contributed by atoms with Crippen molar-refractivity contribution in [1.82, 2.24) is 4.90 Å². The molecule has 1 aromatic rings. The fourth-order valence-corrected chi connectivity index (χ4v) is 5.36. The van der Waals surface area contributed by atoms with Gasteiger partial charge in [0.05, 0.1) is 17.1 Å². The van der Waals surface area contributed by atoms with Crippen LogP contribution in [0.4, 0.5) is 0 Å². The van der Waals surface area contributed by atoms with E-state index in [2.05, 4.69) is 18.7 Å². The number of aliphatic hydroxyl groups excluding tert-OH is 1. The standard InChI is InChI=1S/C12H21NO3.C7H8O3S/c1-4-13-9-6-12(15-3)5-8(11(9)14)10(13)7(2)16-12;1-6-2-4-7(5-3-6)11(8,9)10/h7-11,14H,4-6H2,1-3H3;2-5H,1H3,(H,8,9,10). The van der Waals surface area contributed by atoms with Gasteiger partial charge in [0.25, 0.3) is 10.1 Å². The van der Waals surface area contributed by atoms with E-state index in [1.54, 1.807) is 19.2 Å². The van der Waals surface area contributed by atoms with E-state index in [0.29, 0.717) is 12.0 Å². The summed E-state index contributed by atoms with van der Waals surface area (Å²) in [7, 11) is -2.30. The van der Waals surface area contributed by atoms with E-state index in [1.165, 1.54) is 12.1 Å². The van der Waals surface area contributed by atoms with Crippen molar-refractivity contribution < 1.29 is 27.6 Å². The number of likely N-dealkylation sites (N-methyl/N-ethyl adjacent to an activating group) is 1. The maximum atomic E-state index is 10.5. The molecule has 3 aliphatic rings. The van der Waals surface area contributed by atoms with Crippen LogP contribution in [0.25, 0.3) is 0 Å². The number of hydrogen-bond acceptors (Lipinski definition) is 6. The van der Waals surface area contributed by atoms with Crippen LogP contribution in [0.2, 0.25) is 0 Å². The van der Waals surface area contributed by atoms with E-state index in [9.17, 15) is 13.5 Å². The molecule has 8 heteroatoms. The Labute approximate surface area is 161 Å². The summed E-state index contributed by atoms with van der Waals surface area (Å²) < 4.78 is 41.2. The maximum Gasteiger partial charge on any atom is 0.294 e. The maximum absolute atomic E-state index is 10.5. The summed E-state index contributed by atoms with van der Waals surface area (Å²) in [6.07, 6.45) is 1.60. The number of methoxy groups -OCH3 is 1. The third kappa shape index (κ3) is 3.79. The summed E-state index contributed by atoms with van der Waals surface area (Å²) in [6, 6.07) is 6.58. The van der Waals surface area contributed by atoms with E-state index in [0.717, 1.165) is 24.9 Å². The molecule has 0 radical (unpaired) electrons. The van der Waals surface area contributed by atoms with Crippen LogP contribution in [0.5, 0.6) is 0 Å². The molecule has 152 valence electrons. The van der Waals surface area contributed by atoms with Crippen molar-refractivity contribution in [3.05, 3.63) is 29.8 Å². The first kappa shape index (κ1) is 20.7. The van der Waals surface area contributed by atoms with Crippen LogP contribution in [0.15, 0.2) is 29.2 Å². The Morgan fingerprint density at radius 1 is 1.30 bits per heavy atom. The van der Waals surface area contributed by atoms with Gasteiger partial charge in [0.1, 0.15) is 0 Å². The highest BCUT2D eigenvalue weighted by atomic mass is 32.2. The summed E-state index contributed by atoms with van der Waals surface area (Å²) in [5, 5.41) is 10.3. The molecule has 2 aliphatic heterocycles. The van der Waals surface area contributed by atoms with Gasteiger partial charge in [-0.05, 0) is 32.5 Å². The highest BCUT2D eigenvalue weighted by Gasteiger charge is 2.63. The lowest BCUT2D eigenvalue weighted by atomic mass is 9.77. The van der Waals surface area contributed by atoms with Crippen molar-refractivity contribution in [3.63, 3.8) is 0 Å². The minimum absolute atomic E-state index is 0.0666. The van der Waals surface area contributed by atoms with Crippen molar-refractivity contribution >= 4 is 10.1 Å². The molecule has 4 rings (SSSR count). The lowest BCUT2D eigenvalue weighted by molar-refractivity contribution is -0.292. The first-order valence-electron chi connectivity index (χ1n) is 9.33. The SMILES string of the molecule is CCN1C2CC3(OC)CC(C2O)C1C(C)O3.Cc1ccc(S(=O)(=O)O)cc1. The molecule has 2 N–H and O–H groups in total. The monoisotopic (exact) mass is 399 g/mol. The Kier molecular flexibility index (Phi) is 5.69. The molecule has 0 amide bonds. The first-order chi connectivity index (χ1) is 12.6. The zero-order valence-corrected chi connectivity index (χ0v) is 17.0. The van der Waals surface area contributed by atoms with Gasteiger partial charge in [-0.1, -0.05) is 24.6 Å². The normalized spacial score (nSPS) is 37.8. The molecule has 6 atom stereocenters. The van der Waals surface area contributed by atoms with Crippen molar-refractivity contribution in [1.29, 1.82) is 0 Å². The van der Waals surface area contributed by atoms with Gasteiger partial charge in [0, 0.05) is 38.0 Å². The molecule has 0 aromatic heterocycles. The predicted molar refractivity (Wildman–Crippen MR) is 100.0 cm³/mol. The first-order valence-corrected chi connectivity index (χ1v) is 10.8. The van der Waals surface area contributed by atoms with E-state index in [-0.39, 0.29) is 23.1 Å². The van der Waals surface area contributed by atoms with E-state index >= 15 is 0 Å². The quantitative estimate of drug-likeness (QED) is 0.749. The van der Waals surface area contributed by atoms with Crippen molar-refractivity contribution in [2.24, 2.45) is 5.92 Å². The Bertz CT molecular complexity index is 765. The van der Waals surface area contributed by atoms with Crippen LogP contribution in [0, 0.1) is 12.8 Å². The average Bonchev–Trinajstić information content (AvgIpc) is 2.74.